The number of nitrogens with one attached hydrogen (secondary N) is 2. The van der Waals surface area contributed by atoms with Crippen molar-refractivity contribution in [3.05, 3.63) is 78.1 Å². The van der Waals surface area contributed by atoms with Gasteiger partial charge in [-0.05, 0) is 61.2 Å². The van der Waals surface area contributed by atoms with Gasteiger partial charge in [-0.25, -0.2) is 22.5 Å². The van der Waals surface area contributed by atoms with E-state index in [2.05, 4.69) is 15.0 Å². The Balaban J connectivity index is 1.56. The van der Waals surface area contributed by atoms with Crippen molar-refractivity contribution in [2.24, 2.45) is 0 Å². The molecule has 2 heterocycles. The van der Waals surface area contributed by atoms with E-state index in [9.17, 15) is 22.7 Å². The Morgan fingerprint density at radius 1 is 1.26 bits per heavy atom. The van der Waals surface area contributed by atoms with E-state index >= 15 is 0 Å². The number of sulfonamides is 1. The topological polar surface area (TPSA) is 113 Å². The van der Waals surface area contributed by atoms with Gasteiger partial charge in [-0.1, -0.05) is 12.1 Å². The van der Waals surface area contributed by atoms with Crippen LogP contribution < -0.4 is 10.0 Å². The Hall–Kier alpha value is -3.24. The van der Waals surface area contributed by atoms with E-state index in [4.69, 9.17) is 0 Å². The molecule has 8 nitrogen and oxygen atoms in total. The number of fused-ring (bicyclic) bond motifs is 1. The highest BCUT2D eigenvalue weighted by atomic mass is 32.2. The molecule has 0 radical (unpaired) electrons. The maximum atomic E-state index is 13.1. The Morgan fingerprint density at radius 3 is 2.71 bits per heavy atom. The summed E-state index contributed by atoms with van der Waals surface area (Å²) in [5.41, 5.74) is 2.48. The van der Waals surface area contributed by atoms with Gasteiger partial charge < -0.3 is 15.0 Å². The normalized spacial score (nSPS) is 19.5. The van der Waals surface area contributed by atoms with E-state index in [1.165, 1.54) is 12.1 Å². The highest BCUT2D eigenvalue weighted by Crippen LogP contribution is 2.47. The van der Waals surface area contributed by atoms with Gasteiger partial charge in [0.05, 0.1) is 11.2 Å². The monoisotopic (exact) mass is 486 g/mol. The van der Waals surface area contributed by atoms with Crippen LogP contribution in [0.3, 0.4) is 0 Å². The van der Waals surface area contributed by atoms with Crippen LogP contribution in [0.25, 0.3) is 0 Å². The standard InChI is InChI=1S/C24H27FN4O4S/c1-24(11-9-22(30)31)20(15-29-14-13-26-16-29)23-17(3-2-4-21(23)28-24)10-12-27-34(32,33)19-7-5-18(25)6-8-19/h2-8,13-14,16,20,27-28H,9-12,15H2,1H3,(H,30,31). The van der Waals surface area contributed by atoms with Gasteiger partial charge in [0.2, 0.25) is 10.0 Å². The van der Waals surface area contributed by atoms with Crippen molar-refractivity contribution in [2.75, 3.05) is 11.9 Å². The predicted molar refractivity (Wildman–Crippen MR) is 126 cm³/mol. The number of imidazole rings is 1. The third kappa shape index (κ3) is 5.13. The predicted octanol–water partition coefficient (Wildman–Crippen LogP) is 3.38. The zero-order valence-electron chi connectivity index (χ0n) is 18.7. The molecular weight excluding hydrogens is 459 g/mol. The molecule has 0 fully saturated rings. The molecule has 180 valence electrons. The maximum Gasteiger partial charge on any atom is 0.303 e. The number of nitrogens with zero attached hydrogens (tertiary/aromatic N) is 2. The van der Waals surface area contributed by atoms with Gasteiger partial charge in [0.15, 0.2) is 0 Å². The van der Waals surface area contributed by atoms with Gasteiger partial charge in [-0.2, -0.15) is 0 Å². The number of hydrogen-bond donors (Lipinski definition) is 3. The van der Waals surface area contributed by atoms with E-state index in [-0.39, 0.29) is 23.8 Å². The first kappa shape index (κ1) is 23.9. The second-order valence-electron chi connectivity index (χ2n) is 8.73. The fourth-order valence-electron chi connectivity index (χ4n) is 4.58. The molecule has 34 heavy (non-hydrogen) atoms. The van der Waals surface area contributed by atoms with Gasteiger partial charge in [-0.15, -0.1) is 0 Å². The fraction of sp³-hybridized carbons (Fsp3) is 0.333. The fourth-order valence-corrected chi connectivity index (χ4v) is 5.62. The second-order valence-corrected chi connectivity index (χ2v) is 10.5. The van der Waals surface area contributed by atoms with Crippen LogP contribution in [0.5, 0.6) is 0 Å². The molecule has 0 saturated carbocycles. The van der Waals surface area contributed by atoms with Crippen LogP contribution in [0.15, 0.2) is 66.1 Å². The molecule has 3 N–H and O–H groups in total. The van der Waals surface area contributed by atoms with Gasteiger partial charge in [-0.3, -0.25) is 4.79 Å². The number of carboxylic acids is 1. The van der Waals surface area contributed by atoms with Crippen molar-refractivity contribution in [3.8, 4) is 0 Å². The maximum absolute atomic E-state index is 13.1. The van der Waals surface area contributed by atoms with Gasteiger partial charge in [0, 0.05) is 49.0 Å². The summed E-state index contributed by atoms with van der Waals surface area (Å²) < 4.78 is 42.9. The van der Waals surface area contributed by atoms with Crippen LogP contribution in [-0.4, -0.2) is 41.1 Å². The molecule has 2 unspecified atom stereocenters. The Bertz CT molecular complexity index is 1260. The van der Waals surface area contributed by atoms with E-state index in [0.29, 0.717) is 19.4 Å². The van der Waals surface area contributed by atoms with Gasteiger partial charge in [0.1, 0.15) is 5.82 Å². The number of hydrogen-bond acceptors (Lipinski definition) is 5. The second kappa shape index (κ2) is 9.55. The molecular formula is C24H27FN4O4S. The molecule has 0 spiro atoms. The van der Waals surface area contributed by atoms with Crippen molar-refractivity contribution in [2.45, 2.75) is 49.1 Å². The lowest BCUT2D eigenvalue weighted by atomic mass is 9.79. The third-order valence-corrected chi connectivity index (χ3v) is 7.83. The summed E-state index contributed by atoms with van der Waals surface area (Å²) in [6.07, 6.45) is 6.22. The molecule has 0 saturated heterocycles. The molecule has 1 aliphatic rings. The molecule has 2 aromatic carbocycles. The highest BCUT2D eigenvalue weighted by Gasteiger charge is 2.43. The van der Waals surface area contributed by atoms with Crippen molar-refractivity contribution in [3.63, 3.8) is 0 Å². The zero-order chi connectivity index (χ0) is 24.3. The average molecular weight is 487 g/mol. The van der Waals surface area contributed by atoms with Crippen LogP contribution >= 0.6 is 0 Å². The molecule has 1 aliphatic heterocycles. The van der Waals surface area contributed by atoms with E-state index in [1.807, 2.05) is 35.9 Å². The SMILES string of the molecule is CC1(CCC(=O)O)Nc2cccc(CCNS(=O)(=O)c3ccc(F)cc3)c2C1Cn1ccnc1. The molecule has 0 amide bonds. The first-order valence-electron chi connectivity index (χ1n) is 11.0. The van der Waals surface area contributed by atoms with Crippen molar-refractivity contribution in [1.82, 2.24) is 14.3 Å². The largest absolute Gasteiger partial charge is 0.481 e. The minimum Gasteiger partial charge on any atom is -0.481 e. The summed E-state index contributed by atoms with van der Waals surface area (Å²) in [6, 6.07) is 10.5. The summed E-state index contributed by atoms with van der Waals surface area (Å²) in [5.74, 6) is -1.39. The van der Waals surface area contributed by atoms with E-state index in [0.717, 1.165) is 28.9 Å². The first-order valence-corrected chi connectivity index (χ1v) is 12.5. The molecule has 1 aromatic heterocycles. The molecule has 10 heteroatoms. The number of benzene rings is 2. The molecule has 4 rings (SSSR count). The minimum absolute atomic E-state index is 0.00749. The molecule has 0 bridgehead atoms. The van der Waals surface area contributed by atoms with Crippen LogP contribution in [0, 0.1) is 5.82 Å². The zero-order valence-corrected chi connectivity index (χ0v) is 19.6. The number of aliphatic carboxylic acids is 1. The summed E-state index contributed by atoms with van der Waals surface area (Å²) in [4.78, 5) is 15.4. The van der Waals surface area contributed by atoms with Crippen LogP contribution in [0.4, 0.5) is 10.1 Å². The number of halogens is 1. The van der Waals surface area contributed by atoms with Gasteiger partial charge in [0.25, 0.3) is 0 Å². The van der Waals surface area contributed by atoms with E-state index < -0.39 is 27.3 Å². The average Bonchev–Trinajstić information content (AvgIpc) is 3.40. The minimum atomic E-state index is -3.77. The summed E-state index contributed by atoms with van der Waals surface area (Å²) in [5, 5.41) is 12.8. The van der Waals surface area contributed by atoms with Gasteiger partial charge >= 0.3 is 5.97 Å². The number of carboxylic acid groups (broad SMARTS) is 1. The molecule has 2 atom stereocenters. The highest BCUT2D eigenvalue weighted by molar-refractivity contribution is 7.89. The Morgan fingerprint density at radius 2 is 2.03 bits per heavy atom. The number of anilines is 1. The number of carbonyl (C=O) groups is 1. The van der Waals surface area contributed by atoms with Crippen LogP contribution in [0.2, 0.25) is 0 Å². The quantitative estimate of drug-likeness (QED) is 0.405. The Labute approximate surface area is 197 Å². The summed E-state index contributed by atoms with van der Waals surface area (Å²) >= 11 is 0. The lowest BCUT2D eigenvalue weighted by Gasteiger charge is -2.33. The van der Waals surface area contributed by atoms with Crippen LogP contribution in [0.1, 0.15) is 36.8 Å². The molecule has 0 aliphatic carbocycles. The molecule has 3 aromatic rings. The summed E-state index contributed by atoms with van der Waals surface area (Å²) in [6.45, 7) is 2.80. The smallest absolute Gasteiger partial charge is 0.303 e. The van der Waals surface area contributed by atoms with E-state index in [1.54, 1.807) is 12.5 Å². The van der Waals surface area contributed by atoms with Crippen molar-refractivity contribution >= 4 is 21.7 Å². The van der Waals surface area contributed by atoms with Crippen molar-refractivity contribution < 1.29 is 22.7 Å². The first-order chi connectivity index (χ1) is 16.2. The lowest BCUT2D eigenvalue weighted by Crippen LogP contribution is -2.38. The summed E-state index contributed by atoms with van der Waals surface area (Å²) in [7, 11) is -3.77. The Kier molecular flexibility index (Phi) is 6.72. The lowest BCUT2D eigenvalue weighted by molar-refractivity contribution is -0.137. The third-order valence-electron chi connectivity index (χ3n) is 6.36. The van der Waals surface area contributed by atoms with Crippen LogP contribution in [-0.2, 0) is 27.8 Å². The van der Waals surface area contributed by atoms with Crippen molar-refractivity contribution in [1.29, 1.82) is 0 Å². The number of rotatable bonds is 10. The number of aromatic nitrogens is 2.